The highest BCUT2D eigenvalue weighted by Gasteiger charge is 1.65. The Morgan fingerprint density at radius 3 is 1.25 bits per heavy atom. The molecule has 0 unspecified atom stereocenters. The van der Waals surface area contributed by atoms with Crippen molar-refractivity contribution in [2.45, 2.75) is 13.8 Å². The number of aliphatic hydroxyl groups excluding tert-OH is 3. The summed E-state index contributed by atoms with van der Waals surface area (Å²) in [6, 6.07) is 0. The highest BCUT2D eigenvalue weighted by molar-refractivity contribution is 4.27. The predicted molar refractivity (Wildman–Crippen MR) is 51.6 cm³/mol. The van der Waals surface area contributed by atoms with Crippen LogP contribution in [0.4, 0.5) is 0 Å². The van der Waals surface area contributed by atoms with Crippen LogP contribution in [0.5, 0.6) is 0 Å². The summed E-state index contributed by atoms with van der Waals surface area (Å²) in [5, 5.41) is 25.9. The van der Waals surface area contributed by atoms with Crippen LogP contribution in [0.3, 0.4) is 0 Å². The highest BCUT2D eigenvalue weighted by Crippen LogP contribution is 1.42. The van der Waals surface area contributed by atoms with Gasteiger partial charge >= 0.3 is 0 Å². The Labute approximate surface area is 75.0 Å². The lowest BCUT2D eigenvalue weighted by Gasteiger charge is -1.84. The van der Waals surface area contributed by atoms with Crippen molar-refractivity contribution in [3.8, 4) is 0 Å². The molecule has 0 heterocycles. The third-order valence-electron chi connectivity index (χ3n) is 0.362. The van der Waals surface area contributed by atoms with E-state index in [0.717, 1.165) is 0 Å². The van der Waals surface area contributed by atoms with Crippen LogP contribution >= 0.6 is 0 Å². The van der Waals surface area contributed by atoms with Crippen molar-refractivity contribution in [3.05, 3.63) is 0 Å². The molecule has 0 rings (SSSR count). The fourth-order valence-electron chi connectivity index (χ4n) is 0.112. The largest absolute Gasteiger partial charge is 0.397 e. The summed E-state index contributed by atoms with van der Waals surface area (Å²) in [5.74, 6) is 0. The molecular formula is C7H24N2O3. The predicted octanol–water partition coefficient (Wildman–Crippen LogP) is -0.643. The summed E-state index contributed by atoms with van der Waals surface area (Å²) in [4.78, 5) is 0. The van der Waals surface area contributed by atoms with Crippen molar-refractivity contribution in [1.29, 1.82) is 0 Å². The Morgan fingerprint density at radius 1 is 1.00 bits per heavy atom. The molecule has 80 valence electrons. The second kappa shape index (κ2) is 45.0. The lowest BCUT2D eigenvalue weighted by molar-refractivity contribution is 0.296. The zero-order valence-corrected chi connectivity index (χ0v) is 8.38. The molecule has 5 heteroatoms. The molecule has 0 bridgehead atoms. The van der Waals surface area contributed by atoms with E-state index >= 15 is 0 Å². The number of rotatable bonds is 2. The van der Waals surface area contributed by atoms with E-state index in [1.807, 2.05) is 0 Å². The zero-order chi connectivity index (χ0) is 9.54. The van der Waals surface area contributed by atoms with Crippen LogP contribution in [0.2, 0.25) is 0 Å². The van der Waals surface area contributed by atoms with Gasteiger partial charge in [-0.2, -0.15) is 0 Å². The molecule has 0 aromatic rings. The van der Waals surface area contributed by atoms with Gasteiger partial charge in [0.05, 0.1) is 6.61 Å². The summed E-state index contributed by atoms with van der Waals surface area (Å²) < 4.78 is 0. The Kier molecular flexibility index (Phi) is 84.9. The van der Waals surface area contributed by atoms with Crippen molar-refractivity contribution in [1.82, 2.24) is 11.5 Å². The van der Waals surface area contributed by atoms with Gasteiger partial charge in [-0.15, -0.1) is 0 Å². The third-order valence-corrected chi connectivity index (χ3v) is 0.362. The molecule has 0 radical (unpaired) electrons. The molecule has 0 aromatic carbocycles. The first-order chi connectivity index (χ1) is 5.24. The number of nitrogens with one attached hydrogen (secondary N) is 1. The minimum atomic E-state index is 0. The van der Waals surface area contributed by atoms with E-state index in [0.29, 0.717) is 6.54 Å². The molecule has 0 fully saturated rings. The van der Waals surface area contributed by atoms with Crippen LogP contribution in [0.15, 0.2) is 0 Å². The van der Waals surface area contributed by atoms with Gasteiger partial charge < -0.3 is 26.8 Å². The van der Waals surface area contributed by atoms with Gasteiger partial charge in [0.1, 0.15) is 0 Å². The van der Waals surface area contributed by atoms with Crippen LogP contribution in [0.25, 0.3) is 0 Å². The minimum absolute atomic E-state index is 0. The van der Waals surface area contributed by atoms with E-state index in [4.69, 9.17) is 15.3 Å². The van der Waals surface area contributed by atoms with Crippen molar-refractivity contribution in [3.63, 3.8) is 0 Å². The summed E-state index contributed by atoms with van der Waals surface area (Å²) in [6.07, 6.45) is 0. The first-order valence-corrected chi connectivity index (χ1v) is 3.72. The average Bonchev–Trinajstić information content (AvgIpc) is 1.92. The second-order valence-electron chi connectivity index (χ2n) is 1.46. The van der Waals surface area contributed by atoms with Gasteiger partial charge in [-0.1, -0.05) is 0 Å². The van der Waals surface area contributed by atoms with Crippen LogP contribution in [-0.4, -0.2) is 48.7 Å². The molecule has 0 spiro atoms. The SMILES string of the molecule is CCO.CCO.CNCCO.N. The van der Waals surface area contributed by atoms with Gasteiger partial charge in [-0.3, -0.25) is 0 Å². The molecule has 7 N–H and O–H groups in total. The maximum absolute atomic E-state index is 8.00. The third kappa shape index (κ3) is 234. The van der Waals surface area contributed by atoms with Gasteiger partial charge in [0.25, 0.3) is 0 Å². The zero-order valence-electron chi connectivity index (χ0n) is 8.38. The topological polar surface area (TPSA) is 108 Å². The van der Waals surface area contributed by atoms with Gasteiger partial charge in [-0.05, 0) is 20.9 Å². The van der Waals surface area contributed by atoms with Crippen molar-refractivity contribution in [2.75, 3.05) is 33.4 Å². The lowest BCUT2D eigenvalue weighted by Crippen LogP contribution is -2.10. The summed E-state index contributed by atoms with van der Waals surface area (Å²) in [5.41, 5.74) is 0. The minimum Gasteiger partial charge on any atom is -0.397 e. The van der Waals surface area contributed by atoms with E-state index in [-0.39, 0.29) is 26.0 Å². The number of hydrogen-bond donors (Lipinski definition) is 5. The number of likely N-dealkylation sites (N-methyl/N-ethyl adjacent to an activating group) is 1. The van der Waals surface area contributed by atoms with Crippen LogP contribution in [0.1, 0.15) is 13.8 Å². The maximum atomic E-state index is 8.00. The number of aliphatic hydroxyl groups is 3. The Hall–Kier alpha value is -0.200. The van der Waals surface area contributed by atoms with Crippen LogP contribution < -0.4 is 11.5 Å². The first-order valence-electron chi connectivity index (χ1n) is 3.72. The highest BCUT2D eigenvalue weighted by atomic mass is 16.3. The molecule has 0 aliphatic rings. The fourth-order valence-corrected chi connectivity index (χ4v) is 0.112. The molecule has 0 aromatic heterocycles. The molecule has 0 saturated carbocycles. The first kappa shape index (κ1) is 22.6. The van der Waals surface area contributed by atoms with E-state index in [9.17, 15) is 0 Å². The van der Waals surface area contributed by atoms with Crippen LogP contribution in [-0.2, 0) is 0 Å². The van der Waals surface area contributed by atoms with Crippen LogP contribution in [0, 0.1) is 0 Å². The van der Waals surface area contributed by atoms with Crippen molar-refractivity contribution >= 4 is 0 Å². The smallest absolute Gasteiger partial charge is 0.0555 e. The van der Waals surface area contributed by atoms with Crippen molar-refractivity contribution < 1.29 is 15.3 Å². The summed E-state index contributed by atoms with van der Waals surface area (Å²) in [6.45, 7) is 4.79. The molecule has 0 amide bonds. The maximum Gasteiger partial charge on any atom is 0.0555 e. The number of hydrogen-bond acceptors (Lipinski definition) is 5. The summed E-state index contributed by atoms with van der Waals surface area (Å²) in [7, 11) is 1.80. The normalized spacial score (nSPS) is 6.50. The Morgan fingerprint density at radius 2 is 1.25 bits per heavy atom. The van der Waals surface area contributed by atoms with Gasteiger partial charge in [0.15, 0.2) is 0 Å². The molecule has 0 atom stereocenters. The molecule has 0 saturated heterocycles. The Bertz CT molecular complexity index is 35.8. The quantitative estimate of drug-likeness (QED) is 0.392. The molecule has 12 heavy (non-hydrogen) atoms. The van der Waals surface area contributed by atoms with Crippen molar-refractivity contribution in [2.24, 2.45) is 0 Å². The van der Waals surface area contributed by atoms with Gasteiger partial charge in [0.2, 0.25) is 0 Å². The monoisotopic (exact) mass is 184 g/mol. The fraction of sp³-hybridized carbons (Fsp3) is 1.00. The molecule has 0 aliphatic heterocycles. The van der Waals surface area contributed by atoms with E-state index in [1.54, 1.807) is 20.9 Å². The van der Waals surface area contributed by atoms with Gasteiger partial charge in [0, 0.05) is 19.8 Å². The average molecular weight is 184 g/mol. The molecule has 0 aliphatic carbocycles. The standard InChI is InChI=1S/C3H9NO.2C2H6O.H3N/c1-4-2-3-5;2*1-2-3;/h4-5H,2-3H2,1H3;2*3H,2H2,1H3;1H3. The second-order valence-corrected chi connectivity index (χ2v) is 1.46. The van der Waals surface area contributed by atoms with Gasteiger partial charge in [-0.25, -0.2) is 0 Å². The lowest BCUT2D eigenvalue weighted by atomic mass is 10.7. The molecular weight excluding hydrogens is 160 g/mol. The van der Waals surface area contributed by atoms with E-state index < -0.39 is 0 Å². The van der Waals surface area contributed by atoms with E-state index in [1.165, 1.54) is 0 Å². The molecule has 5 nitrogen and oxygen atoms in total. The summed E-state index contributed by atoms with van der Waals surface area (Å²) >= 11 is 0. The van der Waals surface area contributed by atoms with E-state index in [2.05, 4.69) is 5.32 Å². The Balaban J connectivity index is -0.0000000406.